The first-order valence-corrected chi connectivity index (χ1v) is 5.94. The third kappa shape index (κ3) is 4.42. The molecule has 1 aromatic rings. The summed E-state index contributed by atoms with van der Waals surface area (Å²) in [4.78, 5) is 33.8. The van der Waals surface area contributed by atoms with Crippen LogP contribution < -0.4 is 15.6 Å². The van der Waals surface area contributed by atoms with Crippen molar-refractivity contribution in [2.45, 2.75) is 20.3 Å². The van der Waals surface area contributed by atoms with Crippen LogP contribution in [0.3, 0.4) is 0 Å². The highest BCUT2D eigenvalue weighted by Crippen LogP contribution is 2.11. The number of carbonyl (C=O) groups excluding carboxylic acids is 3. The molecule has 0 fully saturated rings. The minimum absolute atomic E-state index is 0.0881. The maximum Gasteiger partial charge on any atom is 0.305 e. The van der Waals surface area contributed by atoms with Gasteiger partial charge in [-0.1, -0.05) is 6.92 Å². The molecule has 102 valence electrons. The van der Waals surface area contributed by atoms with Crippen LogP contribution in [0.1, 0.15) is 30.6 Å². The summed E-state index contributed by atoms with van der Waals surface area (Å²) in [5, 5.41) is 0. The van der Waals surface area contributed by atoms with Gasteiger partial charge in [0.05, 0.1) is 6.61 Å². The quantitative estimate of drug-likeness (QED) is 0.609. The normalized spacial score (nSPS) is 9.58. The summed E-state index contributed by atoms with van der Waals surface area (Å²) in [5.41, 5.74) is 4.57. The molecule has 0 aliphatic carbocycles. The van der Waals surface area contributed by atoms with Crippen molar-refractivity contribution in [2.24, 2.45) is 0 Å². The van der Waals surface area contributed by atoms with Gasteiger partial charge in [-0.2, -0.15) is 0 Å². The predicted molar refractivity (Wildman–Crippen MR) is 68.5 cm³/mol. The Morgan fingerprint density at radius 3 is 2.21 bits per heavy atom. The van der Waals surface area contributed by atoms with E-state index in [0.717, 1.165) is 0 Å². The molecule has 0 atom stereocenters. The molecule has 0 aliphatic rings. The Balaban J connectivity index is 2.54. The molecule has 1 rings (SSSR count). The van der Waals surface area contributed by atoms with Crippen molar-refractivity contribution in [3.8, 4) is 5.75 Å². The average Bonchev–Trinajstić information content (AvgIpc) is 2.44. The van der Waals surface area contributed by atoms with Crippen LogP contribution in [0.15, 0.2) is 24.3 Å². The second-order valence-electron chi connectivity index (χ2n) is 3.64. The number of hydrazine groups is 1. The third-order valence-corrected chi connectivity index (χ3v) is 2.29. The molecule has 0 saturated heterocycles. The highest BCUT2D eigenvalue weighted by molar-refractivity contribution is 6.36. The number of amides is 2. The van der Waals surface area contributed by atoms with E-state index in [1.165, 1.54) is 0 Å². The molecule has 2 amide bonds. The number of ketones is 1. The van der Waals surface area contributed by atoms with Gasteiger partial charge >= 0.3 is 5.91 Å². The molecule has 0 aliphatic heterocycles. The van der Waals surface area contributed by atoms with E-state index in [9.17, 15) is 14.4 Å². The molecule has 1 aromatic carbocycles. The second kappa shape index (κ2) is 7.15. The van der Waals surface area contributed by atoms with Crippen LogP contribution in [-0.4, -0.2) is 24.2 Å². The van der Waals surface area contributed by atoms with Gasteiger partial charge in [0.2, 0.25) is 5.78 Å². The van der Waals surface area contributed by atoms with Crippen LogP contribution in [-0.2, 0) is 9.59 Å². The smallest absolute Gasteiger partial charge is 0.305 e. The Labute approximate surface area is 111 Å². The fourth-order valence-corrected chi connectivity index (χ4v) is 1.29. The molecule has 19 heavy (non-hydrogen) atoms. The highest BCUT2D eigenvalue weighted by Gasteiger charge is 2.12. The summed E-state index contributed by atoms with van der Waals surface area (Å²) >= 11 is 0. The summed E-state index contributed by atoms with van der Waals surface area (Å²) in [5.74, 6) is -1.27. The number of Topliss-reactive ketones (excluding diaryl/α,β-unsaturated/α-hetero) is 1. The molecule has 0 unspecified atom stereocenters. The lowest BCUT2D eigenvalue weighted by Crippen LogP contribution is -2.44. The highest BCUT2D eigenvalue weighted by atomic mass is 16.5. The number of benzene rings is 1. The van der Waals surface area contributed by atoms with Gasteiger partial charge in [-0.15, -0.1) is 0 Å². The van der Waals surface area contributed by atoms with Crippen molar-refractivity contribution in [3.05, 3.63) is 29.8 Å². The molecule has 0 spiro atoms. The maximum absolute atomic E-state index is 11.7. The molecule has 0 radical (unpaired) electrons. The Morgan fingerprint density at radius 2 is 1.68 bits per heavy atom. The van der Waals surface area contributed by atoms with Crippen molar-refractivity contribution in [3.63, 3.8) is 0 Å². The Kier molecular flexibility index (Phi) is 5.53. The first-order chi connectivity index (χ1) is 9.08. The first kappa shape index (κ1) is 14.7. The molecule has 0 saturated carbocycles. The lowest BCUT2D eigenvalue weighted by molar-refractivity contribution is -0.138. The van der Waals surface area contributed by atoms with E-state index in [0.29, 0.717) is 17.9 Å². The summed E-state index contributed by atoms with van der Waals surface area (Å²) in [6.07, 6.45) is 0.0881. The Bertz CT molecular complexity index is 468. The summed E-state index contributed by atoms with van der Waals surface area (Å²) < 4.78 is 5.24. The first-order valence-electron chi connectivity index (χ1n) is 5.94. The molecular weight excluding hydrogens is 248 g/mol. The van der Waals surface area contributed by atoms with E-state index < -0.39 is 17.6 Å². The number of hydrogen-bond acceptors (Lipinski definition) is 4. The number of carbonyl (C=O) groups is 3. The van der Waals surface area contributed by atoms with Crippen LogP contribution >= 0.6 is 0 Å². The van der Waals surface area contributed by atoms with Gasteiger partial charge in [0.25, 0.3) is 5.91 Å². The van der Waals surface area contributed by atoms with E-state index in [1.807, 2.05) is 6.92 Å². The van der Waals surface area contributed by atoms with Crippen LogP contribution in [0.5, 0.6) is 5.75 Å². The Hall–Kier alpha value is -2.37. The summed E-state index contributed by atoms with van der Waals surface area (Å²) in [7, 11) is 0. The van der Waals surface area contributed by atoms with Crippen LogP contribution in [0.4, 0.5) is 0 Å². The topological polar surface area (TPSA) is 84.5 Å². The summed E-state index contributed by atoms with van der Waals surface area (Å²) in [6, 6.07) is 6.43. The van der Waals surface area contributed by atoms with Gasteiger partial charge in [-0.25, -0.2) is 0 Å². The minimum Gasteiger partial charge on any atom is -0.494 e. The van der Waals surface area contributed by atoms with E-state index in [1.54, 1.807) is 31.2 Å². The number of ether oxygens (including phenoxy) is 1. The third-order valence-electron chi connectivity index (χ3n) is 2.29. The standard InChI is InChI=1S/C13H16N2O4/c1-3-11(16)13(18)15-14-12(17)9-5-7-10(8-6-9)19-4-2/h5-8H,3-4H2,1-2H3,(H,14,17)(H,15,18). The molecule has 0 heterocycles. The zero-order valence-electron chi connectivity index (χ0n) is 10.9. The van der Waals surface area contributed by atoms with E-state index in [-0.39, 0.29) is 6.42 Å². The fraction of sp³-hybridized carbons (Fsp3) is 0.308. The van der Waals surface area contributed by atoms with E-state index >= 15 is 0 Å². The van der Waals surface area contributed by atoms with Gasteiger partial charge in [-0.05, 0) is 31.2 Å². The predicted octanol–water partition coefficient (Wildman–Crippen LogP) is 0.825. The minimum atomic E-state index is -0.832. The van der Waals surface area contributed by atoms with Gasteiger partial charge < -0.3 is 4.74 Å². The van der Waals surface area contributed by atoms with Gasteiger partial charge in [0.1, 0.15) is 5.75 Å². The van der Waals surface area contributed by atoms with Gasteiger partial charge in [0, 0.05) is 12.0 Å². The lowest BCUT2D eigenvalue weighted by atomic mass is 10.2. The summed E-state index contributed by atoms with van der Waals surface area (Å²) in [6.45, 7) is 3.97. The van der Waals surface area contributed by atoms with Gasteiger partial charge in [0.15, 0.2) is 0 Å². The van der Waals surface area contributed by atoms with Crippen LogP contribution in [0.2, 0.25) is 0 Å². The number of nitrogens with one attached hydrogen (secondary N) is 2. The second-order valence-corrected chi connectivity index (χ2v) is 3.64. The van der Waals surface area contributed by atoms with Crippen molar-refractivity contribution in [1.82, 2.24) is 10.9 Å². The molecule has 6 heteroatoms. The zero-order valence-corrected chi connectivity index (χ0v) is 10.9. The molecule has 0 aromatic heterocycles. The van der Waals surface area contributed by atoms with Gasteiger partial charge in [-0.3, -0.25) is 25.2 Å². The molecule has 0 bridgehead atoms. The molecular formula is C13H16N2O4. The largest absolute Gasteiger partial charge is 0.494 e. The van der Waals surface area contributed by atoms with Crippen LogP contribution in [0, 0.1) is 0 Å². The van der Waals surface area contributed by atoms with Crippen molar-refractivity contribution >= 4 is 17.6 Å². The zero-order chi connectivity index (χ0) is 14.3. The number of hydrogen-bond donors (Lipinski definition) is 2. The van der Waals surface area contributed by atoms with Crippen LogP contribution in [0.25, 0.3) is 0 Å². The average molecular weight is 264 g/mol. The van der Waals surface area contributed by atoms with Crippen molar-refractivity contribution in [1.29, 1.82) is 0 Å². The molecule has 6 nitrogen and oxygen atoms in total. The number of rotatable bonds is 5. The lowest BCUT2D eigenvalue weighted by Gasteiger charge is -2.07. The van der Waals surface area contributed by atoms with E-state index in [4.69, 9.17) is 4.74 Å². The molecule has 2 N–H and O–H groups in total. The fourth-order valence-electron chi connectivity index (χ4n) is 1.29. The van der Waals surface area contributed by atoms with E-state index in [2.05, 4.69) is 10.9 Å². The van der Waals surface area contributed by atoms with Crippen molar-refractivity contribution < 1.29 is 19.1 Å². The maximum atomic E-state index is 11.7. The van der Waals surface area contributed by atoms with Crippen molar-refractivity contribution in [2.75, 3.05) is 6.61 Å². The Morgan fingerprint density at radius 1 is 1.05 bits per heavy atom. The SMILES string of the molecule is CCOc1ccc(C(=O)NNC(=O)C(=O)CC)cc1. The monoisotopic (exact) mass is 264 g/mol.